The number of aromatic nitrogens is 3. The van der Waals surface area contributed by atoms with Gasteiger partial charge >= 0.3 is 0 Å². The first-order valence-electron chi connectivity index (χ1n) is 11.7. The summed E-state index contributed by atoms with van der Waals surface area (Å²) in [6, 6.07) is 15.0. The monoisotopic (exact) mass is 477 g/mol. The van der Waals surface area contributed by atoms with E-state index in [0.29, 0.717) is 24.7 Å². The number of piperidine rings is 1. The highest BCUT2D eigenvalue weighted by atomic mass is 32.1. The Labute approximate surface area is 202 Å². The second kappa shape index (κ2) is 10.4. The maximum Gasteiger partial charge on any atom is 0.270 e. The van der Waals surface area contributed by atoms with Crippen LogP contribution in [-0.2, 0) is 13.0 Å². The molecule has 1 aliphatic heterocycles. The van der Waals surface area contributed by atoms with Crippen LogP contribution in [0.2, 0.25) is 0 Å². The number of carbonyl (C=O) groups excluding carboxylic acids is 1. The minimum absolute atomic E-state index is 0.101. The van der Waals surface area contributed by atoms with Gasteiger partial charge in [0, 0.05) is 31.4 Å². The number of halogens is 1. The first-order valence-corrected chi connectivity index (χ1v) is 12.7. The number of carbonyl (C=O) groups is 1. The summed E-state index contributed by atoms with van der Waals surface area (Å²) in [7, 11) is 0. The normalized spacial score (nSPS) is 15.1. The number of imidazole rings is 1. The summed E-state index contributed by atoms with van der Waals surface area (Å²) in [5.74, 6) is 1.36. The van der Waals surface area contributed by atoms with Gasteiger partial charge in [-0.3, -0.25) is 4.79 Å². The standard InChI is InChI=1S/C26H28FN5OS/c27-21-7-5-20(6-8-21)16-32-24-4-2-1-3-22(24)30-25(32)15-19-9-12-31(13-10-19)14-11-28-26(33)23-17-34-18-29-23/h1-8,17-19H,9-16H2,(H,28,33). The van der Waals surface area contributed by atoms with E-state index in [1.165, 1.54) is 23.5 Å². The molecule has 0 atom stereocenters. The zero-order chi connectivity index (χ0) is 23.3. The first kappa shape index (κ1) is 22.7. The molecule has 34 heavy (non-hydrogen) atoms. The number of nitrogens with one attached hydrogen (secondary N) is 1. The number of hydrogen-bond acceptors (Lipinski definition) is 5. The van der Waals surface area contributed by atoms with E-state index in [9.17, 15) is 9.18 Å². The zero-order valence-electron chi connectivity index (χ0n) is 19.0. The van der Waals surface area contributed by atoms with Crippen LogP contribution in [0, 0.1) is 11.7 Å². The summed E-state index contributed by atoms with van der Waals surface area (Å²) in [6.45, 7) is 4.22. The average Bonchev–Trinajstić information content (AvgIpc) is 3.51. The number of fused-ring (bicyclic) bond motifs is 1. The maximum atomic E-state index is 13.4. The number of thiazole rings is 1. The van der Waals surface area contributed by atoms with E-state index < -0.39 is 0 Å². The lowest BCUT2D eigenvalue weighted by Gasteiger charge is -2.31. The van der Waals surface area contributed by atoms with E-state index in [1.54, 1.807) is 10.9 Å². The number of benzene rings is 2. The Kier molecular flexibility index (Phi) is 6.97. The van der Waals surface area contributed by atoms with Crippen LogP contribution < -0.4 is 5.32 Å². The third-order valence-electron chi connectivity index (χ3n) is 6.54. The molecule has 2 aromatic heterocycles. The van der Waals surface area contributed by atoms with Gasteiger partial charge in [0.2, 0.25) is 0 Å². The van der Waals surface area contributed by atoms with Gasteiger partial charge in [-0.2, -0.15) is 0 Å². The summed E-state index contributed by atoms with van der Waals surface area (Å²) >= 11 is 1.43. The van der Waals surface area contributed by atoms with Crippen molar-refractivity contribution in [2.75, 3.05) is 26.2 Å². The van der Waals surface area contributed by atoms with E-state index in [2.05, 4.69) is 31.9 Å². The van der Waals surface area contributed by atoms with Gasteiger partial charge < -0.3 is 14.8 Å². The van der Waals surface area contributed by atoms with Crippen molar-refractivity contribution in [2.24, 2.45) is 5.92 Å². The molecule has 0 radical (unpaired) electrons. The van der Waals surface area contributed by atoms with Crippen molar-refractivity contribution in [1.29, 1.82) is 0 Å². The van der Waals surface area contributed by atoms with Crippen LogP contribution in [0.1, 0.15) is 34.7 Å². The van der Waals surface area contributed by atoms with Crippen LogP contribution in [0.15, 0.2) is 59.4 Å². The zero-order valence-corrected chi connectivity index (χ0v) is 19.8. The summed E-state index contributed by atoms with van der Waals surface area (Å²) in [5, 5.41) is 4.73. The van der Waals surface area contributed by atoms with Crippen molar-refractivity contribution >= 4 is 28.3 Å². The molecule has 0 unspecified atom stereocenters. The molecule has 0 saturated carbocycles. The van der Waals surface area contributed by atoms with E-state index in [-0.39, 0.29) is 11.7 Å². The third kappa shape index (κ3) is 5.34. The van der Waals surface area contributed by atoms with E-state index >= 15 is 0 Å². The lowest BCUT2D eigenvalue weighted by atomic mass is 9.93. The molecule has 0 spiro atoms. The van der Waals surface area contributed by atoms with Crippen LogP contribution in [0.25, 0.3) is 11.0 Å². The minimum atomic E-state index is -0.214. The number of para-hydroxylation sites is 2. The molecule has 0 bridgehead atoms. The van der Waals surface area contributed by atoms with Crippen molar-refractivity contribution in [3.8, 4) is 0 Å². The van der Waals surface area contributed by atoms with Crippen molar-refractivity contribution < 1.29 is 9.18 Å². The summed E-state index contributed by atoms with van der Waals surface area (Å²) < 4.78 is 15.7. The Hall–Kier alpha value is -3.10. The van der Waals surface area contributed by atoms with Gasteiger partial charge in [-0.1, -0.05) is 24.3 Å². The fraction of sp³-hybridized carbons (Fsp3) is 0.346. The van der Waals surface area contributed by atoms with Gasteiger partial charge in [0.1, 0.15) is 17.3 Å². The second-order valence-corrected chi connectivity index (χ2v) is 9.57. The van der Waals surface area contributed by atoms with Gasteiger partial charge in [0.05, 0.1) is 16.5 Å². The Balaban J connectivity index is 1.18. The van der Waals surface area contributed by atoms with Gasteiger partial charge in [-0.05, 0) is 61.7 Å². The largest absolute Gasteiger partial charge is 0.349 e. The van der Waals surface area contributed by atoms with Gasteiger partial charge in [-0.15, -0.1) is 11.3 Å². The highest BCUT2D eigenvalue weighted by Gasteiger charge is 2.22. The molecule has 1 saturated heterocycles. The summed E-state index contributed by atoms with van der Waals surface area (Å²) in [6.07, 6.45) is 3.16. The highest BCUT2D eigenvalue weighted by molar-refractivity contribution is 7.07. The fourth-order valence-electron chi connectivity index (χ4n) is 4.65. The average molecular weight is 478 g/mol. The smallest absolute Gasteiger partial charge is 0.270 e. The molecule has 1 amide bonds. The number of amides is 1. The van der Waals surface area contributed by atoms with Crippen molar-refractivity contribution in [3.63, 3.8) is 0 Å². The Morgan fingerprint density at radius 3 is 2.68 bits per heavy atom. The second-order valence-electron chi connectivity index (χ2n) is 8.85. The molecule has 8 heteroatoms. The molecule has 1 aliphatic rings. The van der Waals surface area contributed by atoms with Crippen LogP contribution >= 0.6 is 11.3 Å². The van der Waals surface area contributed by atoms with Crippen LogP contribution in [0.3, 0.4) is 0 Å². The molecular formula is C26H28FN5OS. The molecule has 5 rings (SSSR count). The summed E-state index contributed by atoms with van der Waals surface area (Å²) in [5.41, 5.74) is 5.36. The number of rotatable bonds is 8. The van der Waals surface area contributed by atoms with Gasteiger partial charge in [0.15, 0.2) is 0 Å². The Morgan fingerprint density at radius 1 is 1.12 bits per heavy atom. The number of nitrogens with zero attached hydrogens (tertiary/aromatic N) is 4. The topological polar surface area (TPSA) is 63.1 Å². The third-order valence-corrected chi connectivity index (χ3v) is 7.13. The Morgan fingerprint density at radius 2 is 1.91 bits per heavy atom. The summed E-state index contributed by atoms with van der Waals surface area (Å²) in [4.78, 5) is 23.5. The molecule has 2 aromatic carbocycles. The Bertz CT molecular complexity index is 1230. The first-order chi connectivity index (χ1) is 16.7. The molecule has 4 aromatic rings. The molecule has 176 valence electrons. The lowest BCUT2D eigenvalue weighted by molar-refractivity contribution is 0.0939. The SMILES string of the molecule is O=C(NCCN1CCC(Cc2nc3ccccc3n2Cc2ccc(F)cc2)CC1)c1cscn1. The van der Waals surface area contributed by atoms with Crippen LogP contribution in [0.5, 0.6) is 0 Å². The predicted octanol–water partition coefficient (Wildman–Crippen LogP) is 4.36. The van der Waals surface area contributed by atoms with Crippen molar-refractivity contribution in [3.05, 3.63) is 82.3 Å². The molecule has 6 nitrogen and oxygen atoms in total. The quantitative estimate of drug-likeness (QED) is 0.410. The number of hydrogen-bond donors (Lipinski definition) is 1. The van der Waals surface area contributed by atoms with Crippen molar-refractivity contribution in [1.82, 2.24) is 24.8 Å². The van der Waals surface area contributed by atoms with E-state index in [1.807, 2.05) is 24.3 Å². The number of likely N-dealkylation sites (tertiary alicyclic amines) is 1. The highest BCUT2D eigenvalue weighted by Crippen LogP contribution is 2.25. The van der Waals surface area contributed by atoms with E-state index in [0.717, 1.165) is 61.3 Å². The molecule has 3 heterocycles. The molecule has 1 fully saturated rings. The van der Waals surface area contributed by atoms with Crippen LogP contribution in [-0.4, -0.2) is 51.5 Å². The van der Waals surface area contributed by atoms with E-state index in [4.69, 9.17) is 4.98 Å². The lowest BCUT2D eigenvalue weighted by Crippen LogP contribution is -2.40. The van der Waals surface area contributed by atoms with Crippen molar-refractivity contribution in [2.45, 2.75) is 25.8 Å². The molecule has 1 N–H and O–H groups in total. The van der Waals surface area contributed by atoms with Gasteiger partial charge in [-0.25, -0.2) is 14.4 Å². The molecular weight excluding hydrogens is 449 g/mol. The predicted molar refractivity (Wildman–Crippen MR) is 133 cm³/mol. The van der Waals surface area contributed by atoms with Gasteiger partial charge in [0.25, 0.3) is 5.91 Å². The maximum absolute atomic E-state index is 13.4. The fourth-order valence-corrected chi connectivity index (χ4v) is 5.18. The molecule has 0 aliphatic carbocycles. The minimum Gasteiger partial charge on any atom is -0.349 e. The van der Waals surface area contributed by atoms with Crippen LogP contribution in [0.4, 0.5) is 4.39 Å².